The topological polar surface area (TPSA) is 76.7 Å². The summed E-state index contributed by atoms with van der Waals surface area (Å²) in [6.45, 7) is 0.237. The summed E-state index contributed by atoms with van der Waals surface area (Å²) in [5.74, 6) is 0.968. The molecule has 2 N–H and O–H groups in total. The molecule has 0 bridgehead atoms. The molecule has 0 atom stereocenters. The predicted molar refractivity (Wildman–Crippen MR) is 148 cm³/mol. The number of nitrogens with one attached hydrogen (secondary N) is 2. The van der Waals surface area contributed by atoms with Crippen LogP contribution in [0.3, 0.4) is 0 Å². The molecular formula is C30H24N2O4S. The van der Waals surface area contributed by atoms with E-state index in [0.29, 0.717) is 34.4 Å². The molecule has 0 fully saturated rings. The van der Waals surface area contributed by atoms with Crippen LogP contribution in [0.4, 0.5) is 11.4 Å². The Morgan fingerprint density at radius 3 is 2.38 bits per heavy atom. The number of anilines is 2. The van der Waals surface area contributed by atoms with Gasteiger partial charge in [0.05, 0.1) is 4.88 Å². The Morgan fingerprint density at radius 2 is 1.54 bits per heavy atom. The van der Waals surface area contributed by atoms with Gasteiger partial charge in [-0.15, -0.1) is 11.3 Å². The van der Waals surface area contributed by atoms with Gasteiger partial charge in [0, 0.05) is 16.8 Å². The number of benzene rings is 4. The van der Waals surface area contributed by atoms with E-state index < -0.39 is 0 Å². The van der Waals surface area contributed by atoms with Gasteiger partial charge in [-0.05, 0) is 64.9 Å². The van der Waals surface area contributed by atoms with Crippen molar-refractivity contribution in [2.45, 2.75) is 6.61 Å². The molecule has 1 heterocycles. The fourth-order valence-electron chi connectivity index (χ4n) is 3.80. The molecule has 0 unspecified atom stereocenters. The molecule has 4 aromatic carbocycles. The Hall–Kier alpha value is -4.62. The zero-order chi connectivity index (χ0) is 25.5. The van der Waals surface area contributed by atoms with Crippen LogP contribution < -0.4 is 20.1 Å². The van der Waals surface area contributed by atoms with Gasteiger partial charge in [0.1, 0.15) is 18.1 Å². The van der Waals surface area contributed by atoms with Crippen molar-refractivity contribution < 1.29 is 19.1 Å². The molecule has 0 saturated heterocycles. The second kappa shape index (κ2) is 11.4. The third-order valence-corrected chi connectivity index (χ3v) is 6.45. The lowest BCUT2D eigenvalue weighted by Gasteiger charge is -2.11. The molecule has 37 heavy (non-hydrogen) atoms. The number of carbonyl (C=O) groups excluding carboxylic acids is 2. The Bertz CT molecular complexity index is 1510. The Morgan fingerprint density at radius 1 is 0.730 bits per heavy atom. The molecule has 0 aliphatic heterocycles. The first-order chi connectivity index (χ1) is 18.1. The molecule has 0 spiro atoms. The van der Waals surface area contributed by atoms with Crippen molar-refractivity contribution in [2.75, 3.05) is 17.2 Å². The minimum absolute atomic E-state index is 0.0931. The zero-order valence-corrected chi connectivity index (χ0v) is 20.7. The number of carbonyl (C=O) groups is 2. The summed E-state index contributed by atoms with van der Waals surface area (Å²) in [6.07, 6.45) is 0. The summed E-state index contributed by atoms with van der Waals surface area (Å²) in [6, 6.07) is 32.0. The van der Waals surface area contributed by atoms with Crippen LogP contribution in [-0.2, 0) is 11.4 Å². The van der Waals surface area contributed by atoms with Gasteiger partial charge in [-0.3, -0.25) is 9.59 Å². The molecule has 2 amide bonds. The van der Waals surface area contributed by atoms with Crippen molar-refractivity contribution >= 4 is 45.3 Å². The summed E-state index contributed by atoms with van der Waals surface area (Å²) in [4.78, 5) is 25.3. The van der Waals surface area contributed by atoms with Crippen molar-refractivity contribution in [3.05, 3.63) is 119 Å². The van der Waals surface area contributed by atoms with E-state index in [9.17, 15) is 9.59 Å². The zero-order valence-electron chi connectivity index (χ0n) is 19.8. The minimum Gasteiger partial charge on any atom is -0.489 e. The molecule has 5 rings (SSSR count). The van der Waals surface area contributed by atoms with Crippen molar-refractivity contribution in [3.8, 4) is 11.5 Å². The SMILES string of the molecule is O=C(COc1cccc2ccccc12)Nc1cccc(COc2ccc(NC(=O)c3cccs3)cc2)c1. The van der Waals surface area contributed by atoms with E-state index in [1.165, 1.54) is 11.3 Å². The molecule has 0 aliphatic rings. The van der Waals surface area contributed by atoms with Gasteiger partial charge in [-0.25, -0.2) is 0 Å². The minimum atomic E-state index is -0.244. The summed E-state index contributed by atoms with van der Waals surface area (Å²) >= 11 is 1.40. The molecule has 184 valence electrons. The highest BCUT2D eigenvalue weighted by atomic mass is 32.1. The molecule has 0 aliphatic carbocycles. The van der Waals surface area contributed by atoms with E-state index in [-0.39, 0.29) is 18.4 Å². The largest absolute Gasteiger partial charge is 0.489 e. The van der Waals surface area contributed by atoms with E-state index in [0.717, 1.165) is 16.3 Å². The standard InChI is InChI=1S/C30H24N2O4S/c33-29(20-36-27-11-4-8-22-7-1-2-10-26(22)27)31-24-9-3-6-21(18-24)19-35-25-15-13-23(14-16-25)32-30(34)28-12-5-17-37-28/h1-18H,19-20H2,(H,31,33)(H,32,34). The number of amides is 2. The van der Waals surface area contributed by atoms with Gasteiger partial charge in [0.15, 0.2) is 6.61 Å². The van der Waals surface area contributed by atoms with Crippen LogP contribution in [0, 0.1) is 0 Å². The van der Waals surface area contributed by atoms with E-state index in [4.69, 9.17) is 9.47 Å². The number of ether oxygens (including phenoxy) is 2. The molecule has 6 nitrogen and oxygen atoms in total. The summed E-state index contributed by atoms with van der Waals surface area (Å²) in [5.41, 5.74) is 2.27. The van der Waals surface area contributed by atoms with Gasteiger partial charge in [-0.2, -0.15) is 0 Å². The van der Waals surface area contributed by atoms with Crippen molar-refractivity contribution in [3.63, 3.8) is 0 Å². The highest BCUT2D eigenvalue weighted by Crippen LogP contribution is 2.25. The Labute approximate surface area is 218 Å². The van der Waals surface area contributed by atoms with E-state index in [1.54, 1.807) is 30.3 Å². The monoisotopic (exact) mass is 508 g/mol. The van der Waals surface area contributed by atoms with Gasteiger partial charge < -0.3 is 20.1 Å². The second-order valence-electron chi connectivity index (χ2n) is 8.26. The van der Waals surface area contributed by atoms with Crippen LogP contribution in [0.25, 0.3) is 10.8 Å². The molecular weight excluding hydrogens is 484 g/mol. The summed E-state index contributed by atoms with van der Waals surface area (Å²) in [5, 5.41) is 9.64. The van der Waals surface area contributed by atoms with Crippen LogP contribution >= 0.6 is 11.3 Å². The highest BCUT2D eigenvalue weighted by molar-refractivity contribution is 7.12. The van der Waals surface area contributed by atoms with E-state index in [1.807, 2.05) is 78.2 Å². The molecule has 1 aromatic heterocycles. The Kier molecular flexibility index (Phi) is 7.43. The van der Waals surface area contributed by atoms with Gasteiger partial charge in [0.2, 0.25) is 0 Å². The molecule has 0 radical (unpaired) electrons. The third kappa shape index (κ3) is 6.34. The first kappa shape index (κ1) is 24.1. The second-order valence-corrected chi connectivity index (χ2v) is 9.21. The van der Waals surface area contributed by atoms with Crippen LogP contribution in [0.15, 0.2) is 109 Å². The molecule has 5 aromatic rings. The maximum atomic E-state index is 12.5. The Balaban J connectivity index is 1.12. The van der Waals surface area contributed by atoms with E-state index in [2.05, 4.69) is 10.6 Å². The number of fused-ring (bicyclic) bond motifs is 1. The van der Waals surface area contributed by atoms with Crippen molar-refractivity contribution in [1.82, 2.24) is 0 Å². The summed E-state index contributed by atoms with van der Waals surface area (Å²) in [7, 11) is 0. The number of hydrogen-bond donors (Lipinski definition) is 2. The smallest absolute Gasteiger partial charge is 0.265 e. The van der Waals surface area contributed by atoms with Gasteiger partial charge in [0.25, 0.3) is 11.8 Å². The van der Waals surface area contributed by atoms with Crippen LogP contribution in [0.5, 0.6) is 11.5 Å². The lowest BCUT2D eigenvalue weighted by atomic mass is 10.1. The third-order valence-electron chi connectivity index (χ3n) is 5.58. The predicted octanol–water partition coefficient (Wildman–Crippen LogP) is 6.75. The number of hydrogen-bond acceptors (Lipinski definition) is 5. The van der Waals surface area contributed by atoms with Gasteiger partial charge in [-0.1, -0.05) is 54.6 Å². The average Bonchev–Trinajstić information content (AvgIpc) is 3.47. The van der Waals surface area contributed by atoms with Crippen molar-refractivity contribution in [1.29, 1.82) is 0 Å². The van der Waals surface area contributed by atoms with E-state index >= 15 is 0 Å². The van der Waals surface area contributed by atoms with Crippen LogP contribution in [0.2, 0.25) is 0 Å². The average molecular weight is 509 g/mol. The lowest BCUT2D eigenvalue weighted by Crippen LogP contribution is -2.20. The fraction of sp³-hybridized carbons (Fsp3) is 0.0667. The van der Waals surface area contributed by atoms with Crippen molar-refractivity contribution in [2.24, 2.45) is 0 Å². The first-order valence-corrected chi connectivity index (χ1v) is 12.6. The maximum Gasteiger partial charge on any atom is 0.265 e. The highest BCUT2D eigenvalue weighted by Gasteiger charge is 2.08. The number of rotatable bonds is 9. The van der Waals surface area contributed by atoms with Crippen LogP contribution in [0.1, 0.15) is 15.2 Å². The van der Waals surface area contributed by atoms with Gasteiger partial charge >= 0.3 is 0 Å². The maximum absolute atomic E-state index is 12.5. The first-order valence-electron chi connectivity index (χ1n) is 11.7. The fourth-order valence-corrected chi connectivity index (χ4v) is 4.42. The molecule has 7 heteroatoms. The lowest BCUT2D eigenvalue weighted by molar-refractivity contribution is -0.118. The quantitative estimate of drug-likeness (QED) is 0.231. The number of thiophene rings is 1. The van der Waals surface area contributed by atoms with Crippen LogP contribution in [-0.4, -0.2) is 18.4 Å². The molecule has 0 saturated carbocycles. The normalized spacial score (nSPS) is 10.6. The summed E-state index contributed by atoms with van der Waals surface area (Å²) < 4.78 is 11.7.